The molecule has 7 nitrogen and oxygen atoms in total. The molecule has 2 N–H and O–H groups in total. The summed E-state index contributed by atoms with van der Waals surface area (Å²) in [7, 11) is 1.93. The smallest absolute Gasteiger partial charge is 0.195 e. The van der Waals surface area contributed by atoms with E-state index in [4.69, 9.17) is 14.5 Å². The van der Waals surface area contributed by atoms with Crippen molar-refractivity contribution < 1.29 is 9.47 Å². The lowest BCUT2D eigenvalue weighted by Crippen LogP contribution is -2.32. The molecule has 164 valence electrons. The summed E-state index contributed by atoms with van der Waals surface area (Å²) in [6, 6.07) is 7.96. The van der Waals surface area contributed by atoms with Crippen LogP contribution in [0.1, 0.15) is 38.7 Å². The zero-order valence-electron chi connectivity index (χ0n) is 18.4. The van der Waals surface area contributed by atoms with Crippen LogP contribution in [-0.4, -0.2) is 48.1 Å². The molecule has 1 aliphatic rings. The molecule has 0 bridgehead atoms. The highest BCUT2D eigenvalue weighted by Crippen LogP contribution is 2.28. The molecule has 0 unspecified atom stereocenters. The number of rotatable bonds is 12. The van der Waals surface area contributed by atoms with Gasteiger partial charge in [0.25, 0.3) is 0 Å². The van der Waals surface area contributed by atoms with E-state index in [9.17, 15) is 0 Å². The van der Waals surface area contributed by atoms with Crippen LogP contribution in [0.2, 0.25) is 0 Å². The summed E-state index contributed by atoms with van der Waals surface area (Å²) in [6.45, 7) is 7.23. The molecule has 0 amide bonds. The second-order valence-corrected chi connectivity index (χ2v) is 8.12. The number of nitrogens with zero attached hydrogens (tertiary/aromatic N) is 3. The molecular formula is C23H35N5O2. The lowest BCUT2D eigenvalue weighted by Gasteiger charge is -2.14. The molecule has 2 aromatic rings. The molecule has 0 atom stereocenters. The first-order chi connectivity index (χ1) is 14.6. The minimum Gasteiger partial charge on any atom is -0.491 e. The SMILES string of the molecule is CC(C)Oc1ccc(NC(=NCCCOCC2CC2)NCCc2cnn(C)c2)cc1. The van der Waals surface area contributed by atoms with Gasteiger partial charge in [-0.2, -0.15) is 5.10 Å². The first-order valence-electron chi connectivity index (χ1n) is 11.0. The van der Waals surface area contributed by atoms with Crippen molar-refractivity contribution in [2.75, 3.05) is 31.6 Å². The summed E-state index contributed by atoms with van der Waals surface area (Å²) in [5, 5.41) is 11.0. The zero-order chi connectivity index (χ0) is 21.2. The van der Waals surface area contributed by atoms with Crippen LogP contribution in [-0.2, 0) is 18.2 Å². The van der Waals surface area contributed by atoms with E-state index in [1.54, 1.807) is 0 Å². The molecular weight excluding hydrogens is 378 g/mol. The second kappa shape index (κ2) is 11.6. The predicted octanol–water partition coefficient (Wildman–Crippen LogP) is 3.62. The molecule has 0 aliphatic heterocycles. The molecule has 30 heavy (non-hydrogen) atoms. The van der Waals surface area contributed by atoms with Gasteiger partial charge in [0, 0.05) is 45.2 Å². The van der Waals surface area contributed by atoms with Gasteiger partial charge in [-0.1, -0.05) is 0 Å². The van der Waals surface area contributed by atoms with Crippen molar-refractivity contribution in [1.29, 1.82) is 0 Å². The Morgan fingerprint density at radius 2 is 2.07 bits per heavy atom. The van der Waals surface area contributed by atoms with Gasteiger partial charge >= 0.3 is 0 Å². The van der Waals surface area contributed by atoms with Crippen LogP contribution in [0.5, 0.6) is 5.75 Å². The number of aryl methyl sites for hydroxylation is 1. The van der Waals surface area contributed by atoms with Crippen LogP contribution in [0, 0.1) is 5.92 Å². The summed E-state index contributed by atoms with van der Waals surface area (Å²) in [4.78, 5) is 4.72. The van der Waals surface area contributed by atoms with E-state index in [0.717, 1.165) is 62.5 Å². The monoisotopic (exact) mass is 413 g/mol. The third-order valence-electron chi connectivity index (χ3n) is 4.72. The van der Waals surface area contributed by atoms with E-state index in [1.807, 2.05) is 62.2 Å². The van der Waals surface area contributed by atoms with Gasteiger partial charge in [0.05, 0.1) is 12.3 Å². The standard InChI is InChI=1S/C23H35N5O2/c1-18(2)30-22-9-7-21(8-10-22)27-23(24-12-4-14-29-17-19-5-6-19)25-13-11-20-15-26-28(3)16-20/h7-10,15-16,18-19H,4-6,11-14,17H2,1-3H3,(H2,24,25,27). The molecule has 3 rings (SSSR count). The molecule has 1 heterocycles. The van der Waals surface area contributed by atoms with Crippen molar-refractivity contribution in [1.82, 2.24) is 15.1 Å². The number of anilines is 1. The predicted molar refractivity (Wildman–Crippen MR) is 121 cm³/mol. The first kappa shape index (κ1) is 22.2. The normalized spacial score (nSPS) is 14.2. The Balaban J connectivity index is 1.49. The van der Waals surface area contributed by atoms with Gasteiger partial charge < -0.3 is 20.1 Å². The Kier molecular flexibility index (Phi) is 8.56. The Labute approximate surface area is 179 Å². The second-order valence-electron chi connectivity index (χ2n) is 8.12. The highest BCUT2D eigenvalue weighted by Gasteiger charge is 2.20. The van der Waals surface area contributed by atoms with Crippen molar-refractivity contribution in [3.8, 4) is 5.75 Å². The third kappa shape index (κ3) is 8.45. The molecule has 1 aromatic heterocycles. The van der Waals surface area contributed by atoms with Crippen LogP contribution < -0.4 is 15.4 Å². The highest BCUT2D eigenvalue weighted by atomic mass is 16.5. The van der Waals surface area contributed by atoms with Gasteiger partial charge in [-0.05, 0) is 75.3 Å². The third-order valence-corrected chi connectivity index (χ3v) is 4.72. The van der Waals surface area contributed by atoms with Crippen LogP contribution in [0.3, 0.4) is 0 Å². The lowest BCUT2D eigenvalue weighted by molar-refractivity contribution is 0.123. The van der Waals surface area contributed by atoms with Crippen LogP contribution in [0.15, 0.2) is 41.7 Å². The maximum absolute atomic E-state index is 5.72. The molecule has 0 spiro atoms. The van der Waals surface area contributed by atoms with E-state index in [0.29, 0.717) is 0 Å². The van der Waals surface area contributed by atoms with Gasteiger partial charge in [-0.15, -0.1) is 0 Å². The fourth-order valence-corrected chi connectivity index (χ4v) is 2.98. The number of benzene rings is 1. The highest BCUT2D eigenvalue weighted by molar-refractivity contribution is 5.93. The molecule has 1 aromatic carbocycles. The minimum absolute atomic E-state index is 0.164. The summed E-state index contributed by atoms with van der Waals surface area (Å²) in [5.74, 6) is 2.45. The number of aromatic nitrogens is 2. The quantitative estimate of drug-likeness (QED) is 0.316. The van der Waals surface area contributed by atoms with Gasteiger partial charge in [0.2, 0.25) is 0 Å². The Hall–Kier alpha value is -2.54. The number of aliphatic imine (C=N–C) groups is 1. The van der Waals surface area contributed by atoms with Crippen LogP contribution >= 0.6 is 0 Å². The molecule has 0 radical (unpaired) electrons. The van der Waals surface area contributed by atoms with Gasteiger partial charge in [-0.25, -0.2) is 0 Å². The van der Waals surface area contributed by atoms with E-state index < -0.39 is 0 Å². The van der Waals surface area contributed by atoms with Crippen molar-refractivity contribution in [3.63, 3.8) is 0 Å². The van der Waals surface area contributed by atoms with Gasteiger partial charge in [0.1, 0.15) is 5.75 Å². The first-order valence-corrected chi connectivity index (χ1v) is 11.0. The molecule has 1 fully saturated rings. The molecule has 1 saturated carbocycles. The average molecular weight is 414 g/mol. The minimum atomic E-state index is 0.164. The van der Waals surface area contributed by atoms with E-state index in [2.05, 4.69) is 15.7 Å². The topological polar surface area (TPSA) is 72.7 Å². The maximum Gasteiger partial charge on any atom is 0.195 e. The van der Waals surface area contributed by atoms with E-state index in [-0.39, 0.29) is 6.10 Å². The largest absolute Gasteiger partial charge is 0.491 e. The fourth-order valence-electron chi connectivity index (χ4n) is 2.98. The summed E-state index contributed by atoms with van der Waals surface area (Å²) < 4.78 is 13.3. The average Bonchev–Trinajstić information content (AvgIpc) is 3.45. The lowest BCUT2D eigenvalue weighted by atomic mass is 10.2. The Bertz CT molecular complexity index is 781. The molecule has 0 saturated heterocycles. The zero-order valence-corrected chi connectivity index (χ0v) is 18.4. The fraction of sp³-hybridized carbons (Fsp3) is 0.565. The summed E-state index contributed by atoms with van der Waals surface area (Å²) >= 11 is 0. The van der Waals surface area contributed by atoms with Crippen LogP contribution in [0.25, 0.3) is 0 Å². The summed E-state index contributed by atoms with van der Waals surface area (Å²) in [6.07, 6.45) is 8.57. The van der Waals surface area contributed by atoms with Gasteiger partial charge in [-0.3, -0.25) is 9.67 Å². The van der Waals surface area contributed by atoms with Crippen LogP contribution in [0.4, 0.5) is 5.69 Å². The van der Waals surface area contributed by atoms with Crippen molar-refractivity contribution in [2.45, 2.75) is 45.6 Å². The van der Waals surface area contributed by atoms with E-state index in [1.165, 1.54) is 18.4 Å². The molecule has 7 heteroatoms. The molecule has 1 aliphatic carbocycles. The number of guanidine groups is 1. The number of hydrogen-bond acceptors (Lipinski definition) is 4. The van der Waals surface area contributed by atoms with Crippen molar-refractivity contribution >= 4 is 11.6 Å². The number of hydrogen-bond donors (Lipinski definition) is 2. The van der Waals surface area contributed by atoms with Gasteiger partial charge in [0.15, 0.2) is 5.96 Å². The van der Waals surface area contributed by atoms with E-state index >= 15 is 0 Å². The van der Waals surface area contributed by atoms with Crippen molar-refractivity contribution in [2.24, 2.45) is 18.0 Å². The summed E-state index contributed by atoms with van der Waals surface area (Å²) in [5.41, 5.74) is 2.18. The maximum atomic E-state index is 5.72. The Morgan fingerprint density at radius 1 is 1.27 bits per heavy atom. The number of ether oxygens (including phenoxy) is 2. The number of nitrogens with one attached hydrogen (secondary N) is 2. The Morgan fingerprint density at radius 3 is 2.73 bits per heavy atom. The van der Waals surface area contributed by atoms with Crippen molar-refractivity contribution in [3.05, 3.63) is 42.2 Å².